The molecule has 0 atom stereocenters. The molecule has 1 aromatic carbocycles. The Morgan fingerprint density at radius 3 is 2.74 bits per heavy atom. The average molecular weight is 394 g/mol. The Morgan fingerprint density at radius 2 is 2.00 bits per heavy atom. The van der Waals surface area contributed by atoms with E-state index in [0.29, 0.717) is 5.92 Å². The number of nitrogens with one attached hydrogen (secondary N) is 2. The van der Waals surface area contributed by atoms with Crippen molar-refractivity contribution in [1.82, 2.24) is 10.6 Å². The summed E-state index contributed by atoms with van der Waals surface area (Å²) in [5.41, 5.74) is 1.30. The minimum absolute atomic E-state index is 0.673. The fraction of sp³-hybridized carbons (Fsp3) is 0.667. The van der Waals surface area contributed by atoms with Crippen LogP contribution in [-0.2, 0) is 9.47 Å². The standard InChI is InChI=1S/C21H35N3O2S/c1-3-22-21(24-12-16-27-20-7-5-18(2)6-8-20)23-11-4-13-26-17-19-9-14-25-15-10-19/h5-8,19H,3-4,9-17H2,1-2H3,(H2,22,23,24). The second-order valence-corrected chi connectivity index (χ2v) is 8.00. The van der Waals surface area contributed by atoms with Gasteiger partial charge in [-0.15, -0.1) is 11.8 Å². The van der Waals surface area contributed by atoms with Gasteiger partial charge in [-0.1, -0.05) is 17.7 Å². The molecule has 0 amide bonds. The zero-order valence-corrected chi connectivity index (χ0v) is 17.7. The third-order valence-electron chi connectivity index (χ3n) is 4.44. The number of hydrogen-bond acceptors (Lipinski definition) is 4. The highest BCUT2D eigenvalue weighted by Gasteiger charge is 2.13. The average Bonchev–Trinajstić information content (AvgIpc) is 2.70. The predicted octanol–water partition coefficient (Wildman–Crippen LogP) is 3.48. The van der Waals surface area contributed by atoms with Gasteiger partial charge in [-0.3, -0.25) is 4.99 Å². The Morgan fingerprint density at radius 1 is 1.22 bits per heavy atom. The number of nitrogens with zero attached hydrogens (tertiary/aromatic N) is 1. The quantitative estimate of drug-likeness (QED) is 0.261. The van der Waals surface area contributed by atoms with Crippen LogP contribution in [0.25, 0.3) is 0 Å². The summed E-state index contributed by atoms with van der Waals surface area (Å²) in [6.45, 7) is 10.2. The van der Waals surface area contributed by atoms with E-state index in [9.17, 15) is 0 Å². The van der Waals surface area contributed by atoms with Gasteiger partial charge in [0.2, 0.25) is 0 Å². The van der Waals surface area contributed by atoms with E-state index >= 15 is 0 Å². The molecule has 0 aliphatic carbocycles. The number of ether oxygens (including phenoxy) is 2. The molecule has 0 spiro atoms. The van der Waals surface area contributed by atoms with Gasteiger partial charge in [0.25, 0.3) is 0 Å². The second-order valence-electron chi connectivity index (χ2n) is 6.83. The van der Waals surface area contributed by atoms with Crippen LogP contribution < -0.4 is 10.6 Å². The van der Waals surface area contributed by atoms with Crippen molar-refractivity contribution >= 4 is 17.7 Å². The Hall–Kier alpha value is -1.24. The minimum atomic E-state index is 0.673. The van der Waals surface area contributed by atoms with Crippen molar-refractivity contribution < 1.29 is 9.47 Å². The number of aliphatic imine (C=N–C) groups is 1. The highest BCUT2D eigenvalue weighted by molar-refractivity contribution is 7.99. The van der Waals surface area contributed by atoms with Gasteiger partial charge in [-0.25, -0.2) is 0 Å². The largest absolute Gasteiger partial charge is 0.381 e. The van der Waals surface area contributed by atoms with E-state index in [2.05, 4.69) is 53.7 Å². The van der Waals surface area contributed by atoms with Crippen LogP contribution in [0.3, 0.4) is 0 Å². The monoisotopic (exact) mass is 393 g/mol. The van der Waals surface area contributed by atoms with Gasteiger partial charge in [0.05, 0.1) is 0 Å². The number of hydrogen-bond donors (Lipinski definition) is 2. The van der Waals surface area contributed by atoms with Crippen LogP contribution in [0.15, 0.2) is 34.2 Å². The molecule has 0 radical (unpaired) electrons. The molecule has 1 aliphatic heterocycles. The normalized spacial score (nSPS) is 15.7. The van der Waals surface area contributed by atoms with Gasteiger partial charge in [0.1, 0.15) is 0 Å². The minimum Gasteiger partial charge on any atom is -0.381 e. The molecule has 2 rings (SSSR count). The topological polar surface area (TPSA) is 54.9 Å². The highest BCUT2D eigenvalue weighted by Crippen LogP contribution is 2.17. The zero-order chi connectivity index (χ0) is 19.2. The summed E-state index contributed by atoms with van der Waals surface area (Å²) in [6.07, 6.45) is 3.22. The van der Waals surface area contributed by atoms with E-state index in [1.807, 2.05) is 11.8 Å². The molecule has 152 valence electrons. The van der Waals surface area contributed by atoms with E-state index in [0.717, 1.165) is 77.0 Å². The van der Waals surface area contributed by atoms with Gasteiger partial charge in [0.15, 0.2) is 5.96 Å². The SMILES string of the molecule is CCNC(=NCCCOCC1CCOCC1)NCCSc1ccc(C)cc1. The molecule has 27 heavy (non-hydrogen) atoms. The maximum atomic E-state index is 5.80. The van der Waals surface area contributed by atoms with Crippen molar-refractivity contribution in [2.45, 2.75) is 38.0 Å². The lowest BCUT2D eigenvalue weighted by Crippen LogP contribution is -2.38. The summed E-state index contributed by atoms with van der Waals surface area (Å²) in [7, 11) is 0. The third-order valence-corrected chi connectivity index (χ3v) is 5.45. The highest BCUT2D eigenvalue weighted by atomic mass is 32.2. The van der Waals surface area contributed by atoms with Crippen LogP contribution in [0.4, 0.5) is 0 Å². The molecule has 1 heterocycles. The predicted molar refractivity (Wildman–Crippen MR) is 115 cm³/mol. The molecule has 1 aliphatic rings. The van der Waals surface area contributed by atoms with Gasteiger partial charge in [-0.2, -0.15) is 0 Å². The molecule has 5 nitrogen and oxygen atoms in total. The Kier molecular flexibility index (Phi) is 11.3. The Bertz CT molecular complexity index is 531. The third kappa shape index (κ3) is 10.0. The fourth-order valence-corrected chi connectivity index (χ4v) is 3.60. The molecule has 0 aromatic heterocycles. The van der Waals surface area contributed by atoms with Crippen molar-refractivity contribution in [3.8, 4) is 0 Å². The van der Waals surface area contributed by atoms with Crippen molar-refractivity contribution in [1.29, 1.82) is 0 Å². The van der Waals surface area contributed by atoms with Crippen LogP contribution in [0, 0.1) is 12.8 Å². The smallest absolute Gasteiger partial charge is 0.191 e. The van der Waals surface area contributed by atoms with Crippen molar-refractivity contribution in [2.75, 3.05) is 51.8 Å². The van der Waals surface area contributed by atoms with Gasteiger partial charge >= 0.3 is 0 Å². The van der Waals surface area contributed by atoms with Crippen LogP contribution in [-0.4, -0.2) is 57.8 Å². The van der Waals surface area contributed by atoms with E-state index in [1.165, 1.54) is 10.5 Å². The lowest BCUT2D eigenvalue weighted by molar-refractivity contribution is 0.0205. The number of aryl methyl sites for hydroxylation is 1. The number of rotatable bonds is 11. The summed E-state index contributed by atoms with van der Waals surface area (Å²) in [6, 6.07) is 8.68. The molecule has 1 saturated heterocycles. The van der Waals surface area contributed by atoms with Gasteiger partial charge in [0, 0.05) is 56.7 Å². The molecule has 1 aromatic rings. The molecule has 0 unspecified atom stereocenters. The van der Waals surface area contributed by atoms with E-state index < -0.39 is 0 Å². The lowest BCUT2D eigenvalue weighted by Gasteiger charge is -2.21. The van der Waals surface area contributed by atoms with E-state index in [-0.39, 0.29) is 0 Å². The Balaban J connectivity index is 1.55. The van der Waals surface area contributed by atoms with E-state index in [4.69, 9.17) is 9.47 Å². The fourth-order valence-electron chi connectivity index (χ4n) is 2.84. The van der Waals surface area contributed by atoms with Crippen LogP contribution >= 0.6 is 11.8 Å². The molecule has 0 bridgehead atoms. The maximum absolute atomic E-state index is 5.80. The van der Waals surface area contributed by atoms with Crippen LogP contribution in [0.1, 0.15) is 31.7 Å². The number of thioether (sulfide) groups is 1. The van der Waals surface area contributed by atoms with Crippen LogP contribution in [0.5, 0.6) is 0 Å². The number of guanidine groups is 1. The first-order valence-corrected chi connectivity index (χ1v) is 11.1. The molecule has 0 saturated carbocycles. The summed E-state index contributed by atoms with van der Waals surface area (Å²) >= 11 is 1.86. The van der Waals surface area contributed by atoms with Gasteiger partial charge < -0.3 is 20.1 Å². The van der Waals surface area contributed by atoms with E-state index in [1.54, 1.807) is 0 Å². The summed E-state index contributed by atoms with van der Waals surface area (Å²) in [4.78, 5) is 5.95. The molecule has 2 N–H and O–H groups in total. The maximum Gasteiger partial charge on any atom is 0.191 e. The second kappa shape index (κ2) is 13.9. The molecule has 1 fully saturated rings. The first-order valence-electron chi connectivity index (χ1n) is 10.1. The lowest BCUT2D eigenvalue weighted by atomic mass is 10.0. The Labute approximate surface area is 168 Å². The van der Waals surface area contributed by atoms with Crippen molar-refractivity contribution in [3.63, 3.8) is 0 Å². The summed E-state index contributed by atoms with van der Waals surface area (Å²) in [5, 5.41) is 6.71. The summed E-state index contributed by atoms with van der Waals surface area (Å²) in [5.74, 6) is 2.58. The van der Waals surface area contributed by atoms with Crippen molar-refractivity contribution in [2.24, 2.45) is 10.9 Å². The number of benzene rings is 1. The first-order chi connectivity index (χ1) is 13.3. The van der Waals surface area contributed by atoms with Crippen molar-refractivity contribution in [3.05, 3.63) is 29.8 Å². The molecular weight excluding hydrogens is 358 g/mol. The molecular formula is C21H35N3O2S. The van der Waals surface area contributed by atoms with Gasteiger partial charge in [-0.05, 0) is 51.2 Å². The van der Waals surface area contributed by atoms with Crippen LogP contribution in [0.2, 0.25) is 0 Å². The summed E-state index contributed by atoms with van der Waals surface area (Å²) < 4.78 is 11.2. The first kappa shape index (κ1) is 22.1. The molecule has 6 heteroatoms. The zero-order valence-electron chi connectivity index (χ0n) is 16.8.